The highest BCUT2D eigenvalue weighted by Crippen LogP contribution is 2.38. The number of benzene rings is 1. The number of thiophene rings is 1. The smallest absolute Gasteiger partial charge is 0.341 e. The van der Waals surface area contributed by atoms with Crippen LogP contribution in [0.3, 0.4) is 0 Å². The Kier molecular flexibility index (Phi) is 5.90. The minimum atomic E-state index is -0.390. The highest BCUT2D eigenvalue weighted by Gasteiger charge is 2.26. The molecule has 0 saturated carbocycles. The van der Waals surface area contributed by atoms with Crippen LogP contribution in [0.2, 0.25) is 5.02 Å². The van der Waals surface area contributed by atoms with Gasteiger partial charge in [-0.25, -0.2) is 4.79 Å². The number of esters is 1. The molecule has 0 atom stereocenters. The van der Waals surface area contributed by atoms with Crippen molar-refractivity contribution in [1.29, 1.82) is 0 Å². The summed E-state index contributed by atoms with van der Waals surface area (Å²) >= 11 is 12.6. The lowest BCUT2D eigenvalue weighted by Crippen LogP contribution is -2.34. The molecule has 1 aromatic carbocycles. The summed E-state index contributed by atoms with van der Waals surface area (Å²) in [7, 11) is 1.36. The molecule has 5 nitrogen and oxygen atoms in total. The molecule has 1 amide bonds. The first-order valence-electron chi connectivity index (χ1n) is 8.10. The second kappa shape index (κ2) is 8.16. The summed E-state index contributed by atoms with van der Waals surface area (Å²) in [6.45, 7) is 0. The normalized spacial score (nSPS) is 12.8. The van der Waals surface area contributed by atoms with Crippen LogP contribution < -0.4 is 10.6 Å². The third kappa shape index (κ3) is 4.06. The summed E-state index contributed by atoms with van der Waals surface area (Å²) in [5.74, 6) is -0.737. The summed E-state index contributed by atoms with van der Waals surface area (Å²) in [5, 5.41) is 6.91. The van der Waals surface area contributed by atoms with Gasteiger partial charge >= 0.3 is 5.97 Å². The molecule has 8 heteroatoms. The van der Waals surface area contributed by atoms with Crippen LogP contribution in [0, 0.1) is 0 Å². The van der Waals surface area contributed by atoms with Gasteiger partial charge in [-0.1, -0.05) is 11.6 Å². The topological polar surface area (TPSA) is 67.4 Å². The lowest BCUT2D eigenvalue weighted by Gasteiger charge is -2.12. The van der Waals surface area contributed by atoms with Crippen molar-refractivity contribution in [3.63, 3.8) is 0 Å². The Morgan fingerprint density at radius 2 is 1.88 bits per heavy atom. The van der Waals surface area contributed by atoms with E-state index in [1.807, 2.05) is 0 Å². The number of fused-ring (bicyclic) bond motifs is 1. The molecule has 2 aromatic rings. The molecule has 0 radical (unpaired) electrons. The van der Waals surface area contributed by atoms with Gasteiger partial charge in [0.25, 0.3) is 5.91 Å². The second-order valence-corrected chi connectivity index (χ2v) is 7.77. The van der Waals surface area contributed by atoms with Crippen LogP contribution in [0.15, 0.2) is 24.3 Å². The van der Waals surface area contributed by atoms with E-state index in [-0.39, 0.29) is 11.0 Å². The maximum absolute atomic E-state index is 12.3. The van der Waals surface area contributed by atoms with Crippen LogP contribution in [0.25, 0.3) is 0 Å². The van der Waals surface area contributed by atoms with Crippen molar-refractivity contribution in [2.75, 3.05) is 12.4 Å². The number of carbonyl (C=O) groups is 2. The number of carbonyl (C=O) groups excluding carboxylic acids is 2. The molecule has 0 aliphatic heterocycles. The van der Waals surface area contributed by atoms with Crippen LogP contribution in [0.4, 0.5) is 5.00 Å². The van der Waals surface area contributed by atoms with Crippen LogP contribution in [0.5, 0.6) is 0 Å². The Morgan fingerprint density at radius 3 is 2.58 bits per heavy atom. The number of nitrogens with one attached hydrogen (secondary N) is 2. The molecule has 3 rings (SSSR count). The Morgan fingerprint density at radius 1 is 1.19 bits per heavy atom. The molecule has 2 N–H and O–H groups in total. The van der Waals surface area contributed by atoms with Crippen molar-refractivity contribution in [3.8, 4) is 0 Å². The van der Waals surface area contributed by atoms with E-state index in [4.69, 9.17) is 28.6 Å². The fourth-order valence-electron chi connectivity index (χ4n) is 2.88. The predicted octanol–water partition coefficient (Wildman–Crippen LogP) is 4.19. The minimum Gasteiger partial charge on any atom is -0.465 e. The van der Waals surface area contributed by atoms with E-state index in [1.54, 1.807) is 24.3 Å². The summed E-state index contributed by atoms with van der Waals surface area (Å²) in [6.07, 6.45) is 3.94. The Balaban J connectivity index is 1.76. The standard InChI is InChI=1S/C18H17ClN2O3S2/c1-24-17(23)14-12-4-2-3-5-13(12)26-16(14)21-18(25)20-15(22)10-6-8-11(19)9-7-10/h6-9H,2-5H2,1H3,(H2,20,21,22,25). The monoisotopic (exact) mass is 408 g/mol. The molecular weight excluding hydrogens is 392 g/mol. The molecule has 0 fully saturated rings. The number of anilines is 1. The van der Waals surface area contributed by atoms with Gasteiger partial charge in [-0.15, -0.1) is 11.3 Å². The number of methoxy groups -OCH3 is 1. The predicted molar refractivity (Wildman–Crippen MR) is 107 cm³/mol. The summed E-state index contributed by atoms with van der Waals surface area (Å²) < 4.78 is 4.93. The van der Waals surface area contributed by atoms with Gasteiger partial charge in [0.1, 0.15) is 5.00 Å². The Labute approximate surface area is 165 Å². The minimum absolute atomic E-state index is 0.133. The molecule has 26 heavy (non-hydrogen) atoms. The highest BCUT2D eigenvalue weighted by molar-refractivity contribution is 7.80. The van der Waals surface area contributed by atoms with E-state index in [1.165, 1.54) is 23.3 Å². The molecule has 1 aliphatic carbocycles. The zero-order chi connectivity index (χ0) is 18.7. The molecule has 0 saturated heterocycles. The largest absolute Gasteiger partial charge is 0.465 e. The van der Waals surface area contributed by atoms with E-state index in [2.05, 4.69) is 10.6 Å². The van der Waals surface area contributed by atoms with Crippen molar-refractivity contribution in [3.05, 3.63) is 50.9 Å². The summed E-state index contributed by atoms with van der Waals surface area (Å²) in [6, 6.07) is 6.50. The molecule has 1 aromatic heterocycles. The molecule has 136 valence electrons. The number of rotatable bonds is 3. The fourth-order valence-corrected chi connectivity index (χ4v) is 4.55. The van der Waals surface area contributed by atoms with Gasteiger partial charge < -0.3 is 10.1 Å². The van der Waals surface area contributed by atoms with E-state index in [0.717, 1.165) is 31.2 Å². The number of ether oxygens (including phenoxy) is 1. The average Bonchev–Trinajstić information content (AvgIpc) is 2.99. The van der Waals surface area contributed by atoms with Gasteiger partial charge in [0.15, 0.2) is 5.11 Å². The molecule has 0 spiro atoms. The fraction of sp³-hybridized carbons (Fsp3) is 0.278. The number of amides is 1. The van der Waals surface area contributed by atoms with Gasteiger partial charge in [0.2, 0.25) is 0 Å². The summed E-state index contributed by atoms with van der Waals surface area (Å²) in [4.78, 5) is 25.7. The van der Waals surface area contributed by atoms with Crippen LogP contribution in [0.1, 0.15) is 44.0 Å². The third-order valence-electron chi connectivity index (χ3n) is 4.12. The van der Waals surface area contributed by atoms with Crippen molar-refractivity contribution in [2.45, 2.75) is 25.7 Å². The van der Waals surface area contributed by atoms with Crippen LogP contribution >= 0.6 is 35.2 Å². The number of thiocarbonyl (C=S) groups is 1. The third-order valence-corrected chi connectivity index (χ3v) is 5.78. The van der Waals surface area contributed by atoms with Crippen molar-refractivity contribution < 1.29 is 14.3 Å². The maximum Gasteiger partial charge on any atom is 0.341 e. The summed E-state index contributed by atoms with van der Waals surface area (Å²) in [5.41, 5.74) is 2.00. The maximum atomic E-state index is 12.3. The van der Waals surface area contributed by atoms with Crippen LogP contribution in [-0.4, -0.2) is 24.1 Å². The van der Waals surface area contributed by atoms with Gasteiger partial charge in [-0.05, 0) is 67.7 Å². The average molecular weight is 409 g/mol. The highest BCUT2D eigenvalue weighted by atomic mass is 35.5. The van der Waals surface area contributed by atoms with Crippen molar-refractivity contribution in [1.82, 2.24) is 5.32 Å². The SMILES string of the molecule is COC(=O)c1c(NC(=S)NC(=O)c2ccc(Cl)cc2)sc2c1CCCC2. The number of aryl methyl sites for hydroxylation is 1. The molecule has 0 bridgehead atoms. The lowest BCUT2D eigenvalue weighted by molar-refractivity contribution is 0.0601. The molecule has 1 aliphatic rings. The molecule has 1 heterocycles. The first-order valence-corrected chi connectivity index (χ1v) is 9.70. The quantitative estimate of drug-likeness (QED) is 0.588. The molecular formula is C18H17ClN2O3S2. The van der Waals surface area contributed by atoms with E-state index in [9.17, 15) is 9.59 Å². The van der Waals surface area contributed by atoms with Gasteiger partial charge in [0.05, 0.1) is 12.7 Å². The number of hydrogen-bond donors (Lipinski definition) is 2. The zero-order valence-electron chi connectivity index (χ0n) is 14.1. The van der Waals surface area contributed by atoms with E-state index < -0.39 is 5.97 Å². The van der Waals surface area contributed by atoms with E-state index in [0.29, 0.717) is 21.2 Å². The van der Waals surface area contributed by atoms with Crippen LogP contribution in [-0.2, 0) is 17.6 Å². The van der Waals surface area contributed by atoms with Crippen molar-refractivity contribution in [2.24, 2.45) is 0 Å². The molecule has 0 unspecified atom stereocenters. The van der Waals surface area contributed by atoms with Gasteiger partial charge in [-0.2, -0.15) is 0 Å². The number of hydrogen-bond acceptors (Lipinski definition) is 5. The lowest BCUT2D eigenvalue weighted by atomic mass is 9.95. The first-order chi connectivity index (χ1) is 12.5. The number of halogens is 1. The zero-order valence-corrected chi connectivity index (χ0v) is 16.4. The Hall–Kier alpha value is -1.96. The Bertz CT molecular complexity index is 862. The van der Waals surface area contributed by atoms with Gasteiger partial charge in [-0.3, -0.25) is 10.1 Å². The first kappa shape index (κ1) is 18.8. The second-order valence-electron chi connectivity index (χ2n) is 5.82. The van der Waals surface area contributed by atoms with E-state index >= 15 is 0 Å². The van der Waals surface area contributed by atoms with Gasteiger partial charge in [0, 0.05) is 15.5 Å². The van der Waals surface area contributed by atoms with Crippen molar-refractivity contribution >= 4 is 57.1 Å².